The van der Waals surface area contributed by atoms with E-state index in [4.69, 9.17) is 0 Å². The lowest BCUT2D eigenvalue weighted by atomic mass is 10.2. The molecule has 3 aromatic rings. The van der Waals surface area contributed by atoms with Gasteiger partial charge in [0.25, 0.3) is 0 Å². The van der Waals surface area contributed by atoms with Gasteiger partial charge in [0.05, 0.1) is 15.9 Å². The van der Waals surface area contributed by atoms with Crippen LogP contribution >= 0.6 is 0 Å². The molecule has 1 N–H and O–H groups in total. The summed E-state index contributed by atoms with van der Waals surface area (Å²) in [6.07, 6.45) is -4.63. The van der Waals surface area contributed by atoms with Crippen molar-refractivity contribution < 1.29 is 21.6 Å². The Kier molecular flexibility index (Phi) is 5.00. The molecule has 144 valence electrons. The van der Waals surface area contributed by atoms with E-state index in [1.807, 2.05) is 6.92 Å². The molecule has 0 saturated heterocycles. The number of para-hydroxylation sites is 2. The zero-order chi connectivity index (χ0) is 19.8. The summed E-state index contributed by atoms with van der Waals surface area (Å²) < 4.78 is 68.2. The van der Waals surface area contributed by atoms with Gasteiger partial charge in [-0.3, -0.25) is 0 Å². The second-order valence-corrected chi connectivity index (χ2v) is 7.98. The van der Waals surface area contributed by atoms with Crippen LogP contribution in [0.4, 0.5) is 13.2 Å². The number of sulfonamides is 1. The van der Waals surface area contributed by atoms with Crippen molar-refractivity contribution >= 4 is 21.1 Å². The van der Waals surface area contributed by atoms with Crippen LogP contribution in [-0.2, 0) is 22.7 Å². The lowest BCUT2D eigenvalue weighted by molar-refractivity contribution is -0.146. The standard InChI is InChI=1S/C18H18F3N3O2S/c1-12-7-8-16(13(2)11-12)27(25,26)22-9-10-24-15-6-4-3-5-14(15)23-17(24)18(19,20)21/h3-8,11,22H,9-10H2,1-2H3. The van der Waals surface area contributed by atoms with Gasteiger partial charge < -0.3 is 4.57 Å². The molecule has 3 rings (SSSR count). The maximum Gasteiger partial charge on any atom is 0.449 e. The van der Waals surface area contributed by atoms with Crippen molar-refractivity contribution in [3.63, 3.8) is 0 Å². The zero-order valence-corrected chi connectivity index (χ0v) is 15.5. The molecule has 0 fully saturated rings. The Balaban J connectivity index is 1.85. The summed E-state index contributed by atoms with van der Waals surface area (Å²) in [4.78, 5) is 3.75. The average Bonchev–Trinajstić information content (AvgIpc) is 2.93. The van der Waals surface area contributed by atoms with E-state index in [2.05, 4.69) is 9.71 Å². The van der Waals surface area contributed by atoms with E-state index in [0.29, 0.717) is 11.1 Å². The van der Waals surface area contributed by atoms with Crippen molar-refractivity contribution in [3.05, 3.63) is 59.4 Å². The molecule has 9 heteroatoms. The van der Waals surface area contributed by atoms with E-state index >= 15 is 0 Å². The molecule has 1 aromatic heterocycles. The SMILES string of the molecule is Cc1ccc(S(=O)(=O)NCCn2c(C(F)(F)F)nc3ccccc32)c(C)c1. The van der Waals surface area contributed by atoms with Crippen molar-refractivity contribution in [2.75, 3.05) is 6.54 Å². The summed E-state index contributed by atoms with van der Waals surface area (Å²) in [5.74, 6) is -1.05. The third-order valence-electron chi connectivity index (χ3n) is 4.16. The van der Waals surface area contributed by atoms with Crippen molar-refractivity contribution in [1.29, 1.82) is 0 Å². The molecule has 1 heterocycles. The number of hydrogen-bond donors (Lipinski definition) is 1. The number of benzene rings is 2. The minimum absolute atomic E-state index is 0.111. The fourth-order valence-electron chi connectivity index (χ4n) is 2.99. The van der Waals surface area contributed by atoms with Crippen LogP contribution in [-0.4, -0.2) is 24.5 Å². The Hall–Kier alpha value is -2.39. The summed E-state index contributed by atoms with van der Waals surface area (Å²) >= 11 is 0. The van der Waals surface area contributed by atoms with Crippen molar-refractivity contribution in [1.82, 2.24) is 14.3 Å². The number of aryl methyl sites for hydroxylation is 2. The number of rotatable bonds is 5. The second-order valence-electron chi connectivity index (χ2n) is 6.24. The third-order valence-corrected chi connectivity index (χ3v) is 5.78. The fraction of sp³-hybridized carbons (Fsp3) is 0.278. The van der Waals surface area contributed by atoms with Crippen molar-refractivity contribution in [2.45, 2.75) is 31.5 Å². The predicted octanol–water partition coefficient (Wildman–Crippen LogP) is 3.65. The van der Waals surface area contributed by atoms with Gasteiger partial charge in [0.15, 0.2) is 0 Å². The van der Waals surface area contributed by atoms with E-state index < -0.39 is 22.0 Å². The molecule has 5 nitrogen and oxygen atoms in total. The molecular weight excluding hydrogens is 379 g/mol. The van der Waals surface area contributed by atoms with Gasteiger partial charge in [-0.15, -0.1) is 0 Å². The van der Waals surface area contributed by atoms with Crippen LogP contribution in [0.15, 0.2) is 47.4 Å². The smallest absolute Gasteiger partial charge is 0.319 e. The van der Waals surface area contributed by atoms with E-state index in [9.17, 15) is 21.6 Å². The molecule has 0 spiro atoms. The second kappa shape index (κ2) is 6.97. The number of halogens is 3. The molecular formula is C18H18F3N3O2S. The Morgan fingerprint density at radius 2 is 1.81 bits per heavy atom. The first kappa shape index (κ1) is 19.4. The highest BCUT2D eigenvalue weighted by Crippen LogP contribution is 2.31. The summed E-state index contributed by atoms with van der Waals surface area (Å²) in [6.45, 7) is 3.13. The minimum atomic E-state index is -4.63. The Labute approximate surface area is 154 Å². The zero-order valence-electron chi connectivity index (χ0n) is 14.7. The Morgan fingerprint density at radius 3 is 2.48 bits per heavy atom. The van der Waals surface area contributed by atoms with Crippen LogP contribution in [0.1, 0.15) is 17.0 Å². The van der Waals surface area contributed by atoms with Gasteiger partial charge >= 0.3 is 6.18 Å². The van der Waals surface area contributed by atoms with Gasteiger partial charge in [-0.2, -0.15) is 13.2 Å². The third kappa shape index (κ3) is 3.98. The van der Waals surface area contributed by atoms with Gasteiger partial charge in [-0.1, -0.05) is 29.8 Å². The largest absolute Gasteiger partial charge is 0.449 e. The van der Waals surface area contributed by atoms with Gasteiger partial charge in [-0.25, -0.2) is 18.1 Å². The normalized spacial score (nSPS) is 12.6. The highest BCUT2D eigenvalue weighted by molar-refractivity contribution is 7.89. The van der Waals surface area contributed by atoms with Crippen LogP contribution in [0.2, 0.25) is 0 Å². The van der Waals surface area contributed by atoms with Crippen LogP contribution in [0.3, 0.4) is 0 Å². The first-order valence-corrected chi connectivity index (χ1v) is 9.67. The van der Waals surface area contributed by atoms with Crippen molar-refractivity contribution in [3.8, 4) is 0 Å². The Morgan fingerprint density at radius 1 is 1.11 bits per heavy atom. The monoisotopic (exact) mass is 397 g/mol. The van der Waals surface area contributed by atoms with Gasteiger partial charge in [0.2, 0.25) is 15.8 Å². The van der Waals surface area contributed by atoms with Crippen LogP contribution in [0, 0.1) is 13.8 Å². The van der Waals surface area contributed by atoms with E-state index in [-0.39, 0.29) is 23.5 Å². The van der Waals surface area contributed by atoms with Crippen LogP contribution < -0.4 is 4.72 Å². The Bertz CT molecular complexity index is 1090. The number of nitrogens with zero attached hydrogens (tertiary/aromatic N) is 2. The molecule has 0 aliphatic heterocycles. The predicted molar refractivity (Wildman–Crippen MR) is 95.8 cm³/mol. The quantitative estimate of drug-likeness (QED) is 0.715. The van der Waals surface area contributed by atoms with Gasteiger partial charge in [-0.05, 0) is 37.6 Å². The fourth-order valence-corrected chi connectivity index (χ4v) is 4.23. The first-order chi connectivity index (χ1) is 12.6. The highest BCUT2D eigenvalue weighted by atomic mass is 32.2. The topological polar surface area (TPSA) is 64.0 Å². The maximum atomic E-state index is 13.3. The molecule has 0 radical (unpaired) electrons. The molecule has 0 saturated carbocycles. The summed E-state index contributed by atoms with van der Waals surface area (Å²) in [5, 5.41) is 0. The van der Waals surface area contributed by atoms with E-state index in [0.717, 1.165) is 10.1 Å². The molecule has 0 atom stereocenters. The maximum absolute atomic E-state index is 13.3. The summed E-state index contributed by atoms with van der Waals surface area (Å²) in [6, 6.07) is 11.1. The molecule has 0 bridgehead atoms. The molecule has 27 heavy (non-hydrogen) atoms. The number of nitrogens with one attached hydrogen (secondary N) is 1. The van der Waals surface area contributed by atoms with Crippen LogP contribution in [0.5, 0.6) is 0 Å². The summed E-state index contributed by atoms with van der Waals surface area (Å²) in [5.41, 5.74) is 2.01. The summed E-state index contributed by atoms with van der Waals surface area (Å²) in [7, 11) is -3.83. The molecule has 0 aliphatic rings. The van der Waals surface area contributed by atoms with Crippen LogP contribution in [0.25, 0.3) is 11.0 Å². The number of alkyl halides is 3. The van der Waals surface area contributed by atoms with Gasteiger partial charge in [0, 0.05) is 13.1 Å². The highest BCUT2D eigenvalue weighted by Gasteiger charge is 2.37. The molecule has 0 amide bonds. The number of imidazole rings is 1. The minimum Gasteiger partial charge on any atom is -0.319 e. The van der Waals surface area contributed by atoms with Crippen molar-refractivity contribution in [2.24, 2.45) is 0 Å². The average molecular weight is 397 g/mol. The van der Waals surface area contributed by atoms with Gasteiger partial charge in [0.1, 0.15) is 0 Å². The lowest BCUT2D eigenvalue weighted by Crippen LogP contribution is -2.29. The lowest BCUT2D eigenvalue weighted by Gasteiger charge is -2.13. The molecule has 0 unspecified atom stereocenters. The van der Waals surface area contributed by atoms with E-state index in [1.165, 1.54) is 18.2 Å². The van der Waals surface area contributed by atoms with E-state index in [1.54, 1.807) is 31.2 Å². The molecule has 2 aromatic carbocycles. The number of fused-ring (bicyclic) bond motifs is 1. The number of aromatic nitrogens is 2. The molecule has 0 aliphatic carbocycles. The first-order valence-electron chi connectivity index (χ1n) is 8.19. The number of hydrogen-bond acceptors (Lipinski definition) is 3.